The Kier molecular flexibility index (Phi) is 9.14. The fourth-order valence-corrected chi connectivity index (χ4v) is 8.65. The number of nitrogens with one attached hydrogen (secondary N) is 2. The summed E-state index contributed by atoms with van der Waals surface area (Å²) in [7, 11) is 3.89. The fraction of sp³-hybridized carbons (Fsp3) is 0.611. The summed E-state index contributed by atoms with van der Waals surface area (Å²) >= 11 is 6.30. The summed E-state index contributed by atoms with van der Waals surface area (Å²) in [5, 5.41) is 6.92. The average Bonchev–Trinajstić information content (AvgIpc) is 3.06. The molecular formula is C36H48ClFN6O4. The molecule has 6 fully saturated rings. The molecule has 260 valence electrons. The van der Waals surface area contributed by atoms with Crippen molar-refractivity contribution in [1.82, 2.24) is 20.4 Å². The molecule has 8 aliphatic rings. The lowest BCUT2D eigenvalue weighted by atomic mass is 9.84. The van der Waals surface area contributed by atoms with Crippen molar-refractivity contribution >= 4 is 34.8 Å². The van der Waals surface area contributed by atoms with Gasteiger partial charge in [-0.1, -0.05) is 11.6 Å². The van der Waals surface area contributed by atoms with E-state index in [1.165, 1.54) is 25.0 Å². The second-order valence-corrected chi connectivity index (χ2v) is 15.5. The zero-order chi connectivity index (χ0) is 33.7. The zero-order valence-corrected chi connectivity index (χ0v) is 29.2. The van der Waals surface area contributed by atoms with Gasteiger partial charge in [-0.15, -0.1) is 0 Å². The van der Waals surface area contributed by atoms with Gasteiger partial charge in [0.2, 0.25) is 0 Å². The molecule has 10 nitrogen and oxygen atoms in total. The maximum atomic E-state index is 13.9. The predicted molar refractivity (Wildman–Crippen MR) is 185 cm³/mol. The van der Waals surface area contributed by atoms with Crippen LogP contribution in [0.1, 0.15) is 60.2 Å². The summed E-state index contributed by atoms with van der Waals surface area (Å²) in [5.74, 6) is 1.56. The number of rotatable bonds is 4. The number of carbonyl (C=O) groups excluding carboxylic acids is 2. The Bertz CT molecular complexity index is 1560. The van der Waals surface area contributed by atoms with E-state index in [9.17, 15) is 14.0 Å². The van der Waals surface area contributed by atoms with Crippen molar-refractivity contribution in [2.75, 3.05) is 82.9 Å². The van der Waals surface area contributed by atoms with Crippen LogP contribution in [0.25, 0.3) is 0 Å². The van der Waals surface area contributed by atoms with Gasteiger partial charge in [-0.3, -0.25) is 9.59 Å². The molecule has 0 spiro atoms. The summed E-state index contributed by atoms with van der Waals surface area (Å²) < 4.78 is 25.8. The lowest BCUT2D eigenvalue weighted by molar-refractivity contribution is 0.0609. The Labute approximate surface area is 287 Å². The summed E-state index contributed by atoms with van der Waals surface area (Å²) in [4.78, 5) is 34.6. The number of hydrogen-bond acceptors (Lipinski definition) is 8. The lowest BCUT2D eigenvalue weighted by Crippen LogP contribution is -2.57. The van der Waals surface area contributed by atoms with Crippen LogP contribution in [0, 0.1) is 17.7 Å². The predicted octanol–water partition coefficient (Wildman–Crippen LogP) is 4.25. The second kappa shape index (κ2) is 13.2. The van der Waals surface area contributed by atoms with Crippen molar-refractivity contribution in [1.29, 1.82) is 0 Å². The Balaban J connectivity index is 0.000000152. The molecule has 10 rings (SSSR count). The van der Waals surface area contributed by atoms with Gasteiger partial charge in [-0.25, -0.2) is 4.39 Å². The summed E-state index contributed by atoms with van der Waals surface area (Å²) in [6.45, 7) is 12.4. The minimum atomic E-state index is -0.403. The molecule has 6 saturated heterocycles. The molecule has 8 heterocycles. The number of anilines is 2. The van der Waals surface area contributed by atoms with Crippen molar-refractivity contribution < 1.29 is 23.5 Å². The molecular weight excluding hydrogens is 635 g/mol. The molecule has 0 saturated carbocycles. The van der Waals surface area contributed by atoms with Crippen molar-refractivity contribution in [3.05, 3.63) is 46.2 Å². The number of ether oxygens (including phenoxy) is 2. The maximum absolute atomic E-state index is 13.9. The van der Waals surface area contributed by atoms with Gasteiger partial charge >= 0.3 is 0 Å². The van der Waals surface area contributed by atoms with Crippen LogP contribution in [0.3, 0.4) is 0 Å². The van der Waals surface area contributed by atoms with E-state index in [0.717, 1.165) is 64.3 Å². The Hall–Kier alpha value is -3.28. The molecule has 8 aliphatic heterocycles. The molecule has 0 aromatic heterocycles. The number of hydrogen-bond donors (Lipinski definition) is 2. The van der Waals surface area contributed by atoms with Crippen molar-refractivity contribution in [2.45, 2.75) is 57.2 Å². The molecule has 12 heteroatoms. The van der Waals surface area contributed by atoms with Gasteiger partial charge in [0, 0.05) is 50.4 Å². The van der Waals surface area contributed by atoms with Crippen LogP contribution < -0.4 is 29.9 Å². The third-order valence-corrected chi connectivity index (χ3v) is 11.2. The highest BCUT2D eigenvalue weighted by molar-refractivity contribution is 6.31. The monoisotopic (exact) mass is 682 g/mol. The molecule has 2 atom stereocenters. The molecule has 4 bridgehead atoms. The van der Waals surface area contributed by atoms with Gasteiger partial charge in [0.15, 0.2) is 11.5 Å². The first-order valence-electron chi connectivity index (χ1n) is 17.4. The summed E-state index contributed by atoms with van der Waals surface area (Å²) in [6, 6.07) is 6.70. The van der Waals surface area contributed by atoms with Gasteiger partial charge in [0.05, 0.1) is 35.6 Å². The normalized spacial score (nSPS) is 29.4. The van der Waals surface area contributed by atoms with Crippen molar-refractivity contribution in [2.24, 2.45) is 11.8 Å². The first-order chi connectivity index (χ1) is 22.9. The summed E-state index contributed by atoms with van der Waals surface area (Å²) in [5.41, 5.74) is 2.03. The van der Waals surface area contributed by atoms with Crippen LogP contribution in [0.15, 0.2) is 24.3 Å². The van der Waals surface area contributed by atoms with E-state index in [1.54, 1.807) is 6.07 Å². The molecule has 2 N–H and O–H groups in total. The number of benzene rings is 2. The number of nitrogens with zero attached hydrogens (tertiary/aromatic N) is 4. The molecule has 2 amide bonds. The minimum Gasteiger partial charge on any atom is -0.489 e. The largest absolute Gasteiger partial charge is 0.489 e. The highest BCUT2D eigenvalue weighted by Gasteiger charge is 2.38. The SMILES string of the molecule is CN1CC(C)(C)Oc2c(C(=O)N[C@@H]3CN4CCC3CC4)cc(Cl)cc21.CN1CCOc2c(C(=O)NC3CN4CCC3CC4)cc(F)cc21. The molecule has 48 heavy (non-hydrogen) atoms. The topological polar surface area (TPSA) is 89.6 Å². The lowest BCUT2D eigenvalue weighted by Gasteiger charge is -2.45. The Morgan fingerprint density at radius 3 is 1.88 bits per heavy atom. The van der Waals surface area contributed by atoms with E-state index in [0.29, 0.717) is 58.3 Å². The van der Waals surface area contributed by atoms with Crippen molar-refractivity contribution in [3.8, 4) is 11.5 Å². The van der Waals surface area contributed by atoms with Crippen LogP contribution in [0.5, 0.6) is 11.5 Å². The third-order valence-electron chi connectivity index (χ3n) is 11.0. The second-order valence-electron chi connectivity index (χ2n) is 15.0. The van der Waals surface area contributed by atoms with Gasteiger partial charge in [-0.2, -0.15) is 0 Å². The van der Waals surface area contributed by atoms with Crippen LogP contribution in [-0.4, -0.2) is 112 Å². The van der Waals surface area contributed by atoms with E-state index >= 15 is 0 Å². The van der Waals surface area contributed by atoms with E-state index in [2.05, 4.69) is 25.3 Å². The van der Waals surface area contributed by atoms with Crippen LogP contribution >= 0.6 is 11.6 Å². The first-order valence-corrected chi connectivity index (χ1v) is 17.8. The quantitative estimate of drug-likeness (QED) is 0.495. The number of piperidine rings is 6. The van der Waals surface area contributed by atoms with E-state index in [1.807, 2.05) is 38.9 Å². The number of carbonyl (C=O) groups is 2. The van der Waals surface area contributed by atoms with E-state index in [-0.39, 0.29) is 29.5 Å². The molecule has 2 aromatic carbocycles. The van der Waals surface area contributed by atoms with E-state index in [4.69, 9.17) is 21.1 Å². The molecule has 0 radical (unpaired) electrons. The van der Waals surface area contributed by atoms with Gasteiger partial charge in [0.1, 0.15) is 18.0 Å². The smallest absolute Gasteiger partial charge is 0.255 e. The zero-order valence-electron chi connectivity index (χ0n) is 28.5. The number of fused-ring (bicyclic) bond motifs is 8. The van der Waals surface area contributed by atoms with Gasteiger partial charge in [-0.05, 0) is 95.7 Å². The Morgan fingerprint density at radius 2 is 1.33 bits per heavy atom. The fourth-order valence-electron chi connectivity index (χ4n) is 8.44. The molecule has 0 aliphatic carbocycles. The molecule has 2 aromatic rings. The van der Waals surface area contributed by atoms with E-state index < -0.39 is 5.82 Å². The Morgan fingerprint density at radius 1 is 0.792 bits per heavy atom. The number of amides is 2. The van der Waals surface area contributed by atoms with Crippen LogP contribution in [0.2, 0.25) is 5.02 Å². The third kappa shape index (κ3) is 6.78. The first kappa shape index (κ1) is 33.2. The number of likely N-dealkylation sites (N-methyl/N-ethyl adjacent to an activating group) is 2. The summed E-state index contributed by atoms with van der Waals surface area (Å²) in [6.07, 6.45) is 4.60. The standard InChI is InChI=1S/C19H26ClN3O2.C17H22FN3O2/c1-19(2)11-22(3)16-9-13(20)8-14(17(16)25-19)18(24)21-15-10-23-6-4-12(15)5-7-23;1-20-6-7-23-16-13(8-12(18)9-15(16)20)17(22)19-14-10-21-4-2-11(14)3-5-21/h8-9,12,15H,4-7,10-11H2,1-3H3,(H,21,24);8-9,11,14H,2-7,10H2,1H3,(H,19,22)/t15-;/m1./s1. The van der Waals surface area contributed by atoms with Crippen LogP contribution in [-0.2, 0) is 0 Å². The average molecular weight is 683 g/mol. The molecule has 1 unspecified atom stereocenters. The van der Waals surface area contributed by atoms with Gasteiger partial charge in [0.25, 0.3) is 11.8 Å². The minimum absolute atomic E-state index is 0.0800. The van der Waals surface area contributed by atoms with Crippen LogP contribution in [0.4, 0.5) is 15.8 Å². The highest BCUT2D eigenvalue weighted by Crippen LogP contribution is 2.42. The number of halogens is 2. The van der Waals surface area contributed by atoms with Gasteiger partial charge < -0.3 is 39.7 Å². The van der Waals surface area contributed by atoms with Crippen molar-refractivity contribution in [3.63, 3.8) is 0 Å². The highest BCUT2D eigenvalue weighted by atomic mass is 35.5. The maximum Gasteiger partial charge on any atom is 0.255 e.